The highest BCUT2D eigenvalue weighted by atomic mass is 79.9. The maximum Gasteiger partial charge on any atom is 0.416 e. The van der Waals surface area contributed by atoms with Gasteiger partial charge in [0, 0.05) is 4.47 Å². The lowest BCUT2D eigenvalue weighted by Crippen LogP contribution is -2.07. The average molecular weight is 301 g/mol. The van der Waals surface area contributed by atoms with Crippen molar-refractivity contribution < 1.29 is 18.0 Å². The van der Waals surface area contributed by atoms with E-state index in [0.29, 0.717) is 0 Å². The van der Waals surface area contributed by atoms with E-state index in [0.717, 1.165) is 12.1 Å². The molecule has 0 aliphatic rings. The Morgan fingerprint density at radius 2 is 1.93 bits per heavy atom. The van der Waals surface area contributed by atoms with Crippen LogP contribution in [-0.4, -0.2) is 5.78 Å². The third-order valence-corrected chi connectivity index (χ3v) is 2.65. The summed E-state index contributed by atoms with van der Waals surface area (Å²) in [5, 5.41) is -0.204. The molecule has 82 valence electrons. The summed E-state index contributed by atoms with van der Waals surface area (Å²) in [6, 6.07) is 1.58. The van der Waals surface area contributed by atoms with Crippen LogP contribution in [0.1, 0.15) is 22.8 Å². The molecule has 0 unspecified atom stereocenters. The Morgan fingerprint density at radius 3 is 2.27 bits per heavy atom. The number of halogens is 5. The van der Waals surface area contributed by atoms with Crippen molar-refractivity contribution in [1.29, 1.82) is 0 Å². The molecule has 6 heteroatoms. The van der Waals surface area contributed by atoms with Crippen LogP contribution in [0.25, 0.3) is 0 Å². The molecule has 1 rings (SSSR count). The summed E-state index contributed by atoms with van der Waals surface area (Å²) in [5.41, 5.74) is -0.825. The number of carbonyl (C=O) groups excluding carboxylic acids is 1. The second kappa shape index (κ2) is 4.14. The van der Waals surface area contributed by atoms with Gasteiger partial charge in [-0.3, -0.25) is 4.79 Å². The molecule has 0 aromatic heterocycles. The minimum absolute atomic E-state index is 0.0508. The molecule has 15 heavy (non-hydrogen) atoms. The number of hydrogen-bond donors (Lipinski definition) is 0. The van der Waals surface area contributed by atoms with Crippen LogP contribution in [0.5, 0.6) is 0 Å². The number of benzene rings is 1. The van der Waals surface area contributed by atoms with Crippen molar-refractivity contribution in [3.05, 3.63) is 32.8 Å². The van der Waals surface area contributed by atoms with Crippen LogP contribution >= 0.6 is 27.5 Å². The largest absolute Gasteiger partial charge is 0.416 e. The van der Waals surface area contributed by atoms with Crippen molar-refractivity contribution in [3.8, 4) is 0 Å². The van der Waals surface area contributed by atoms with Crippen LogP contribution in [0.4, 0.5) is 13.2 Å². The van der Waals surface area contributed by atoms with E-state index in [-0.39, 0.29) is 20.8 Å². The molecule has 0 atom stereocenters. The van der Waals surface area contributed by atoms with E-state index in [1.54, 1.807) is 0 Å². The fraction of sp³-hybridized carbons (Fsp3) is 0.222. The molecule has 0 aliphatic carbocycles. The fourth-order valence-electron chi connectivity index (χ4n) is 1.07. The highest BCUT2D eigenvalue weighted by Gasteiger charge is 2.32. The summed E-state index contributed by atoms with van der Waals surface area (Å²) in [5.74, 6) is -0.388. The molecule has 0 amide bonds. The Balaban J connectivity index is 3.39. The number of Topliss-reactive ketones (excluding diaryl/α,β-unsaturated/α-hetero) is 1. The first kappa shape index (κ1) is 12.5. The van der Waals surface area contributed by atoms with Crippen LogP contribution < -0.4 is 0 Å². The van der Waals surface area contributed by atoms with E-state index >= 15 is 0 Å². The number of rotatable bonds is 1. The average Bonchev–Trinajstić information content (AvgIpc) is 1.99. The Morgan fingerprint density at radius 1 is 1.40 bits per heavy atom. The maximum absolute atomic E-state index is 12.3. The van der Waals surface area contributed by atoms with Gasteiger partial charge in [-0.15, -0.1) is 0 Å². The lowest BCUT2D eigenvalue weighted by molar-refractivity contribution is -0.137. The monoisotopic (exact) mass is 300 g/mol. The molecule has 0 saturated heterocycles. The van der Waals surface area contributed by atoms with Gasteiger partial charge in [0.05, 0.1) is 16.1 Å². The number of alkyl halides is 3. The quantitative estimate of drug-likeness (QED) is 0.706. The first-order valence-corrected chi connectivity index (χ1v) is 4.97. The highest BCUT2D eigenvalue weighted by molar-refractivity contribution is 9.10. The number of hydrogen-bond acceptors (Lipinski definition) is 1. The first-order valence-electron chi connectivity index (χ1n) is 3.80. The third kappa shape index (κ3) is 2.72. The normalized spacial score (nSPS) is 11.6. The molecule has 0 aliphatic heterocycles. The van der Waals surface area contributed by atoms with Crippen molar-refractivity contribution in [1.82, 2.24) is 0 Å². The summed E-state index contributed by atoms with van der Waals surface area (Å²) in [6.45, 7) is 1.24. The van der Waals surface area contributed by atoms with Gasteiger partial charge in [-0.05, 0) is 35.0 Å². The van der Waals surface area contributed by atoms with Crippen LogP contribution in [0, 0.1) is 0 Å². The zero-order chi connectivity index (χ0) is 11.8. The molecular weight excluding hydrogens is 296 g/mol. The minimum atomic E-state index is -4.47. The summed E-state index contributed by atoms with van der Waals surface area (Å²) < 4.78 is 37.0. The minimum Gasteiger partial charge on any atom is -0.294 e. The van der Waals surface area contributed by atoms with Crippen molar-refractivity contribution >= 4 is 33.3 Å². The molecule has 1 aromatic carbocycles. The van der Waals surface area contributed by atoms with Gasteiger partial charge >= 0.3 is 6.18 Å². The summed E-state index contributed by atoms with van der Waals surface area (Å²) in [4.78, 5) is 11.1. The summed E-state index contributed by atoms with van der Waals surface area (Å²) in [7, 11) is 0. The van der Waals surface area contributed by atoms with Gasteiger partial charge in [0.25, 0.3) is 0 Å². The van der Waals surface area contributed by atoms with Crippen molar-refractivity contribution in [2.24, 2.45) is 0 Å². The van der Waals surface area contributed by atoms with E-state index < -0.39 is 11.7 Å². The second-order valence-corrected chi connectivity index (χ2v) is 4.13. The zero-order valence-corrected chi connectivity index (χ0v) is 9.79. The highest BCUT2D eigenvalue weighted by Crippen LogP contribution is 2.35. The molecule has 0 spiro atoms. The lowest BCUT2D eigenvalue weighted by atomic mass is 10.1. The van der Waals surface area contributed by atoms with Gasteiger partial charge in [0.2, 0.25) is 0 Å². The first-order chi connectivity index (χ1) is 6.73. The van der Waals surface area contributed by atoms with Gasteiger partial charge in [-0.25, -0.2) is 0 Å². The number of carbonyl (C=O) groups is 1. The fourth-order valence-corrected chi connectivity index (χ4v) is 2.28. The molecule has 0 N–H and O–H groups in total. The van der Waals surface area contributed by atoms with Crippen molar-refractivity contribution in [2.45, 2.75) is 13.1 Å². The van der Waals surface area contributed by atoms with E-state index in [2.05, 4.69) is 15.9 Å². The lowest BCUT2D eigenvalue weighted by Gasteiger charge is -2.10. The topological polar surface area (TPSA) is 17.1 Å². The molecule has 1 aromatic rings. The van der Waals surface area contributed by atoms with Crippen molar-refractivity contribution in [3.63, 3.8) is 0 Å². The molecular formula is C9H5BrClF3O. The maximum atomic E-state index is 12.3. The predicted molar refractivity (Wildman–Crippen MR) is 54.2 cm³/mol. The van der Waals surface area contributed by atoms with E-state index in [9.17, 15) is 18.0 Å². The summed E-state index contributed by atoms with van der Waals surface area (Å²) in [6.07, 6.45) is -4.47. The Bertz CT molecular complexity index is 391. The molecule has 0 saturated carbocycles. The second-order valence-electron chi connectivity index (χ2n) is 2.87. The van der Waals surface area contributed by atoms with Gasteiger partial charge in [0.15, 0.2) is 5.78 Å². The molecule has 0 heterocycles. The van der Waals surface area contributed by atoms with Gasteiger partial charge in [0.1, 0.15) is 0 Å². The van der Waals surface area contributed by atoms with Crippen LogP contribution in [0.2, 0.25) is 5.02 Å². The van der Waals surface area contributed by atoms with Crippen LogP contribution in [-0.2, 0) is 6.18 Å². The molecule has 0 bridgehead atoms. The van der Waals surface area contributed by atoms with Crippen molar-refractivity contribution in [2.75, 3.05) is 0 Å². The number of ketones is 1. The molecule has 0 radical (unpaired) electrons. The van der Waals surface area contributed by atoms with E-state index in [4.69, 9.17) is 11.6 Å². The van der Waals surface area contributed by atoms with Crippen LogP contribution in [0.3, 0.4) is 0 Å². The third-order valence-electron chi connectivity index (χ3n) is 1.72. The summed E-state index contributed by atoms with van der Waals surface area (Å²) >= 11 is 8.47. The zero-order valence-electron chi connectivity index (χ0n) is 7.45. The standard InChI is InChI=1S/C9H5BrClF3O/c1-4(15)8-6(10)2-5(3-7(8)11)9(12,13)14/h2-3H,1H3. The van der Waals surface area contributed by atoms with E-state index in [1.165, 1.54) is 6.92 Å². The van der Waals surface area contributed by atoms with Gasteiger partial charge < -0.3 is 0 Å². The van der Waals surface area contributed by atoms with E-state index in [1.807, 2.05) is 0 Å². The molecule has 0 fully saturated rings. The Kier molecular flexibility index (Phi) is 3.45. The predicted octanol–water partition coefficient (Wildman–Crippen LogP) is 4.32. The van der Waals surface area contributed by atoms with Gasteiger partial charge in [-0.1, -0.05) is 11.6 Å². The smallest absolute Gasteiger partial charge is 0.294 e. The Hall–Kier alpha value is -0.550. The molecule has 1 nitrogen and oxygen atoms in total. The Labute approximate surface area is 97.4 Å². The van der Waals surface area contributed by atoms with Crippen LogP contribution in [0.15, 0.2) is 16.6 Å². The SMILES string of the molecule is CC(=O)c1c(Cl)cc(C(F)(F)F)cc1Br. The van der Waals surface area contributed by atoms with Gasteiger partial charge in [-0.2, -0.15) is 13.2 Å².